The van der Waals surface area contributed by atoms with Crippen molar-refractivity contribution in [3.63, 3.8) is 0 Å². The average Bonchev–Trinajstić information content (AvgIpc) is 2.36. The summed E-state index contributed by atoms with van der Waals surface area (Å²) in [4.78, 5) is 8.43. The highest BCUT2D eigenvalue weighted by Crippen LogP contribution is 2.12. The van der Waals surface area contributed by atoms with Gasteiger partial charge in [-0.1, -0.05) is 12.1 Å². The van der Waals surface area contributed by atoms with Crippen LogP contribution in [0.5, 0.6) is 5.88 Å². The minimum atomic E-state index is 0.0941. The summed E-state index contributed by atoms with van der Waals surface area (Å²) in [5.41, 5.74) is 7.56. The number of ether oxygens (including phenoxy) is 1. The van der Waals surface area contributed by atoms with Gasteiger partial charge >= 0.3 is 0 Å². The smallest absolute Gasteiger partial charge is 0.226 e. The van der Waals surface area contributed by atoms with Crippen LogP contribution in [-0.4, -0.2) is 16.1 Å². The third kappa shape index (κ3) is 4.13. The Labute approximate surface area is 112 Å². The molecule has 100 valence electrons. The van der Waals surface area contributed by atoms with E-state index in [4.69, 9.17) is 10.5 Å². The van der Waals surface area contributed by atoms with Gasteiger partial charge in [0.05, 0.1) is 6.10 Å². The normalized spacial score (nSPS) is 10.5. The molecule has 2 aromatic rings. The lowest BCUT2D eigenvalue weighted by Gasteiger charge is -2.10. The molecule has 0 spiro atoms. The first-order valence-corrected chi connectivity index (χ1v) is 6.21. The van der Waals surface area contributed by atoms with E-state index >= 15 is 0 Å². The first kappa shape index (κ1) is 13.1. The van der Waals surface area contributed by atoms with Gasteiger partial charge in [-0.05, 0) is 31.5 Å². The lowest BCUT2D eigenvalue weighted by Crippen LogP contribution is -2.09. The predicted molar refractivity (Wildman–Crippen MR) is 76.0 cm³/mol. The van der Waals surface area contributed by atoms with Crippen molar-refractivity contribution < 1.29 is 4.74 Å². The Morgan fingerprint density at radius 1 is 1.32 bits per heavy atom. The van der Waals surface area contributed by atoms with Crippen molar-refractivity contribution in [2.75, 3.05) is 11.1 Å². The summed E-state index contributed by atoms with van der Waals surface area (Å²) in [5, 5.41) is 3.14. The molecule has 0 amide bonds. The third-order valence-electron chi connectivity index (χ3n) is 2.39. The molecule has 0 unspecified atom stereocenters. The molecule has 5 heteroatoms. The fourth-order valence-corrected chi connectivity index (χ4v) is 1.62. The third-order valence-corrected chi connectivity index (χ3v) is 2.39. The molecule has 0 aliphatic heterocycles. The maximum atomic E-state index is 5.73. The molecule has 2 rings (SSSR count). The van der Waals surface area contributed by atoms with Crippen LogP contribution in [0, 0.1) is 0 Å². The van der Waals surface area contributed by atoms with Gasteiger partial charge in [0.2, 0.25) is 11.8 Å². The summed E-state index contributed by atoms with van der Waals surface area (Å²) in [6.07, 6.45) is 1.77. The Morgan fingerprint density at radius 3 is 2.89 bits per heavy atom. The van der Waals surface area contributed by atoms with Crippen molar-refractivity contribution >= 4 is 11.6 Å². The average molecular weight is 258 g/mol. The lowest BCUT2D eigenvalue weighted by atomic mass is 10.2. The van der Waals surface area contributed by atoms with Crippen LogP contribution in [0.4, 0.5) is 11.6 Å². The van der Waals surface area contributed by atoms with E-state index in [2.05, 4.69) is 15.3 Å². The highest BCUT2D eigenvalue weighted by atomic mass is 16.5. The van der Waals surface area contributed by atoms with E-state index in [0.717, 1.165) is 11.3 Å². The van der Waals surface area contributed by atoms with Crippen LogP contribution < -0.4 is 15.8 Å². The van der Waals surface area contributed by atoms with Gasteiger partial charge in [0.15, 0.2) is 0 Å². The van der Waals surface area contributed by atoms with Crippen LogP contribution in [0.25, 0.3) is 0 Å². The van der Waals surface area contributed by atoms with E-state index in [1.54, 1.807) is 12.3 Å². The van der Waals surface area contributed by atoms with Crippen molar-refractivity contribution in [1.29, 1.82) is 0 Å². The molecule has 3 N–H and O–H groups in total. The number of anilines is 2. The monoisotopic (exact) mass is 258 g/mol. The predicted octanol–water partition coefficient (Wildman–Crippen LogP) is 2.46. The first-order valence-electron chi connectivity index (χ1n) is 6.21. The van der Waals surface area contributed by atoms with Crippen molar-refractivity contribution in [2.24, 2.45) is 0 Å². The Bertz CT molecular complexity index is 542. The topological polar surface area (TPSA) is 73.1 Å². The van der Waals surface area contributed by atoms with E-state index in [0.29, 0.717) is 18.4 Å². The molecule has 0 radical (unpaired) electrons. The number of benzene rings is 1. The van der Waals surface area contributed by atoms with Crippen molar-refractivity contribution in [1.82, 2.24) is 9.97 Å². The van der Waals surface area contributed by atoms with E-state index in [1.165, 1.54) is 0 Å². The second kappa shape index (κ2) is 6.04. The van der Waals surface area contributed by atoms with Crippen molar-refractivity contribution in [2.45, 2.75) is 26.5 Å². The number of nitrogens with zero attached hydrogens (tertiary/aromatic N) is 2. The van der Waals surface area contributed by atoms with Crippen LogP contribution in [0.1, 0.15) is 19.4 Å². The molecular formula is C14H18N4O. The molecule has 0 saturated carbocycles. The second-order valence-corrected chi connectivity index (χ2v) is 4.48. The van der Waals surface area contributed by atoms with E-state index in [9.17, 15) is 0 Å². The van der Waals surface area contributed by atoms with Gasteiger partial charge in [0, 0.05) is 24.5 Å². The maximum absolute atomic E-state index is 5.73. The number of hydrogen-bond acceptors (Lipinski definition) is 5. The van der Waals surface area contributed by atoms with Gasteiger partial charge in [0.1, 0.15) is 0 Å². The Hall–Kier alpha value is -2.30. The largest absolute Gasteiger partial charge is 0.475 e. The Morgan fingerprint density at radius 2 is 2.16 bits per heavy atom. The van der Waals surface area contributed by atoms with Gasteiger partial charge in [-0.3, -0.25) is 0 Å². The quantitative estimate of drug-likeness (QED) is 0.806. The van der Waals surface area contributed by atoms with Crippen LogP contribution in [0.15, 0.2) is 36.5 Å². The van der Waals surface area contributed by atoms with Crippen molar-refractivity contribution in [3.05, 3.63) is 42.1 Å². The van der Waals surface area contributed by atoms with Crippen LogP contribution >= 0.6 is 0 Å². The number of nitrogens with one attached hydrogen (secondary N) is 1. The number of aromatic nitrogens is 2. The van der Waals surface area contributed by atoms with Crippen LogP contribution in [0.3, 0.4) is 0 Å². The highest BCUT2D eigenvalue weighted by Gasteiger charge is 2.02. The number of nitrogen functional groups attached to an aromatic ring is 1. The van der Waals surface area contributed by atoms with Crippen molar-refractivity contribution in [3.8, 4) is 5.88 Å². The van der Waals surface area contributed by atoms with E-state index in [-0.39, 0.29) is 6.10 Å². The standard InChI is InChI=1S/C14H18N4O/c1-10(2)19-13-6-7-16-14(18-13)17-9-11-4-3-5-12(15)8-11/h3-8,10H,9,15H2,1-2H3,(H,16,17,18). The molecule has 1 aromatic carbocycles. The second-order valence-electron chi connectivity index (χ2n) is 4.48. The van der Waals surface area contributed by atoms with E-state index in [1.807, 2.05) is 38.1 Å². The summed E-state index contributed by atoms with van der Waals surface area (Å²) < 4.78 is 5.51. The van der Waals surface area contributed by atoms with Gasteiger partial charge in [-0.25, -0.2) is 4.98 Å². The first-order chi connectivity index (χ1) is 9.13. The fraction of sp³-hybridized carbons (Fsp3) is 0.286. The SMILES string of the molecule is CC(C)Oc1ccnc(NCc2cccc(N)c2)n1. The molecule has 0 fully saturated rings. The molecule has 0 saturated heterocycles. The minimum absolute atomic E-state index is 0.0941. The molecule has 0 aliphatic carbocycles. The Kier molecular flexibility index (Phi) is 4.18. The van der Waals surface area contributed by atoms with E-state index < -0.39 is 0 Å². The maximum Gasteiger partial charge on any atom is 0.226 e. The number of hydrogen-bond donors (Lipinski definition) is 2. The Balaban J connectivity index is 1.99. The molecular weight excluding hydrogens is 240 g/mol. The lowest BCUT2D eigenvalue weighted by molar-refractivity contribution is 0.232. The summed E-state index contributed by atoms with van der Waals surface area (Å²) in [6, 6.07) is 9.44. The zero-order valence-electron chi connectivity index (χ0n) is 11.1. The highest BCUT2D eigenvalue weighted by molar-refractivity contribution is 5.41. The summed E-state index contributed by atoms with van der Waals surface area (Å²) >= 11 is 0. The zero-order chi connectivity index (χ0) is 13.7. The molecule has 0 aliphatic rings. The number of rotatable bonds is 5. The van der Waals surface area contributed by atoms with Crippen LogP contribution in [0.2, 0.25) is 0 Å². The molecule has 0 bridgehead atoms. The summed E-state index contributed by atoms with van der Waals surface area (Å²) in [5.74, 6) is 1.11. The van der Waals surface area contributed by atoms with Crippen LogP contribution in [-0.2, 0) is 6.54 Å². The molecule has 5 nitrogen and oxygen atoms in total. The zero-order valence-corrected chi connectivity index (χ0v) is 11.1. The molecule has 1 heterocycles. The summed E-state index contributed by atoms with van der Waals surface area (Å²) in [7, 11) is 0. The number of nitrogens with two attached hydrogens (primary N) is 1. The van der Waals surface area contributed by atoms with Gasteiger partial charge in [0.25, 0.3) is 0 Å². The summed E-state index contributed by atoms with van der Waals surface area (Å²) in [6.45, 7) is 4.54. The molecule has 0 atom stereocenters. The fourth-order valence-electron chi connectivity index (χ4n) is 1.62. The molecule has 19 heavy (non-hydrogen) atoms. The van der Waals surface area contributed by atoms with Gasteiger partial charge < -0.3 is 15.8 Å². The van der Waals surface area contributed by atoms with Gasteiger partial charge in [-0.15, -0.1) is 0 Å². The van der Waals surface area contributed by atoms with Gasteiger partial charge in [-0.2, -0.15) is 4.98 Å². The minimum Gasteiger partial charge on any atom is -0.475 e. The molecule has 1 aromatic heterocycles.